The van der Waals surface area contributed by atoms with Crippen molar-refractivity contribution >= 4 is 11.9 Å². The minimum absolute atomic E-state index is 0.0718. The van der Waals surface area contributed by atoms with E-state index in [1.165, 1.54) is 0 Å². The number of piperidine rings is 1. The fourth-order valence-corrected chi connectivity index (χ4v) is 2.84. The maximum atomic E-state index is 12.3. The molecular formula is C13H21NO4. The van der Waals surface area contributed by atoms with Gasteiger partial charge in [0.1, 0.15) is 6.10 Å². The number of aliphatic carboxylic acids is 1. The van der Waals surface area contributed by atoms with Gasteiger partial charge in [0.15, 0.2) is 0 Å². The molecule has 18 heavy (non-hydrogen) atoms. The summed E-state index contributed by atoms with van der Waals surface area (Å²) in [6.07, 6.45) is 5.20. The van der Waals surface area contributed by atoms with Crippen LogP contribution in [0.1, 0.15) is 44.9 Å². The van der Waals surface area contributed by atoms with Crippen LogP contribution in [0.25, 0.3) is 0 Å². The lowest BCUT2D eigenvalue weighted by atomic mass is 9.97. The number of carboxylic acids is 1. The van der Waals surface area contributed by atoms with E-state index in [4.69, 9.17) is 9.84 Å². The summed E-state index contributed by atoms with van der Waals surface area (Å²) in [4.78, 5) is 24.8. The molecule has 2 aliphatic rings. The molecule has 5 nitrogen and oxygen atoms in total. The maximum Gasteiger partial charge on any atom is 0.303 e. The van der Waals surface area contributed by atoms with Crippen LogP contribution in [0, 0.1) is 0 Å². The first-order chi connectivity index (χ1) is 8.68. The third-order valence-electron chi connectivity index (χ3n) is 3.81. The highest BCUT2D eigenvalue weighted by Crippen LogP contribution is 2.24. The molecule has 2 saturated heterocycles. The number of carboxylic acid groups (broad SMARTS) is 1. The van der Waals surface area contributed by atoms with Crippen LogP contribution in [-0.2, 0) is 14.3 Å². The first-order valence-corrected chi connectivity index (χ1v) is 6.82. The van der Waals surface area contributed by atoms with Crippen LogP contribution in [0.4, 0.5) is 0 Å². The van der Waals surface area contributed by atoms with Gasteiger partial charge in [-0.2, -0.15) is 0 Å². The number of nitrogens with zero attached hydrogens (tertiary/aromatic N) is 1. The summed E-state index contributed by atoms with van der Waals surface area (Å²) in [5.74, 6) is -0.715. The molecule has 0 aliphatic carbocycles. The molecule has 2 rings (SSSR count). The Bertz CT molecular complexity index is 312. The minimum Gasteiger partial charge on any atom is -0.481 e. The quantitative estimate of drug-likeness (QED) is 0.824. The highest BCUT2D eigenvalue weighted by atomic mass is 16.5. The van der Waals surface area contributed by atoms with Crippen molar-refractivity contribution in [1.29, 1.82) is 0 Å². The van der Waals surface area contributed by atoms with Crippen LogP contribution in [0.15, 0.2) is 0 Å². The Morgan fingerprint density at radius 1 is 1.22 bits per heavy atom. The van der Waals surface area contributed by atoms with Gasteiger partial charge in [0.05, 0.1) is 0 Å². The molecule has 0 aromatic rings. The zero-order valence-electron chi connectivity index (χ0n) is 10.6. The largest absolute Gasteiger partial charge is 0.481 e. The van der Waals surface area contributed by atoms with E-state index in [9.17, 15) is 9.59 Å². The smallest absolute Gasteiger partial charge is 0.303 e. The van der Waals surface area contributed by atoms with Crippen molar-refractivity contribution < 1.29 is 19.4 Å². The normalized spacial score (nSPS) is 28.3. The molecule has 0 spiro atoms. The fraction of sp³-hybridized carbons (Fsp3) is 0.846. The Labute approximate surface area is 107 Å². The van der Waals surface area contributed by atoms with E-state index in [1.54, 1.807) is 0 Å². The number of carbonyl (C=O) groups excluding carboxylic acids is 1. The van der Waals surface area contributed by atoms with E-state index in [2.05, 4.69) is 0 Å². The van der Waals surface area contributed by atoms with Crippen LogP contribution in [-0.4, -0.2) is 47.2 Å². The van der Waals surface area contributed by atoms with Gasteiger partial charge in [-0.15, -0.1) is 0 Å². The van der Waals surface area contributed by atoms with Gasteiger partial charge >= 0.3 is 5.97 Å². The first-order valence-electron chi connectivity index (χ1n) is 6.82. The molecule has 1 N–H and O–H groups in total. The van der Waals surface area contributed by atoms with Crippen molar-refractivity contribution in [1.82, 2.24) is 4.90 Å². The van der Waals surface area contributed by atoms with Crippen molar-refractivity contribution in [2.45, 2.75) is 57.1 Å². The SMILES string of the molecule is O=C(O)CC[C@@H]1CCCCN1C(=O)[C@@H]1CCCO1. The second kappa shape index (κ2) is 6.18. The third kappa shape index (κ3) is 3.22. The van der Waals surface area contributed by atoms with E-state index in [0.717, 1.165) is 38.6 Å². The van der Waals surface area contributed by atoms with E-state index in [1.807, 2.05) is 4.90 Å². The minimum atomic E-state index is -0.787. The average molecular weight is 255 g/mol. The van der Waals surface area contributed by atoms with Gasteiger partial charge in [-0.25, -0.2) is 0 Å². The van der Waals surface area contributed by atoms with Crippen LogP contribution >= 0.6 is 0 Å². The van der Waals surface area contributed by atoms with E-state index in [0.29, 0.717) is 13.0 Å². The lowest BCUT2D eigenvalue weighted by molar-refractivity contribution is -0.146. The summed E-state index contributed by atoms with van der Waals surface area (Å²) < 4.78 is 5.43. The summed E-state index contributed by atoms with van der Waals surface area (Å²) in [6, 6.07) is 0.0894. The van der Waals surface area contributed by atoms with E-state index < -0.39 is 5.97 Å². The number of likely N-dealkylation sites (tertiary alicyclic amines) is 1. The van der Waals surface area contributed by atoms with Gasteiger partial charge < -0.3 is 14.7 Å². The summed E-state index contributed by atoms with van der Waals surface area (Å²) >= 11 is 0. The van der Waals surface area contributed by atoms with Crippen molar-refractivity contribution in [2.24, 2.45) is 0 Å². The van der Waals surface area contributed by atoms with E-state index in [-0.39, 0.29) is 24.5 Å². The highest BCUT2D eigenvalue weighted by Gasteiger charge is 2.33. The lowest BCUT2D eigenvalue weighted by Crippen LogP contribution is -2.48. The average Bonchev–Trinajstić information content (AvgIpc) is 2.89. The second-order valence-corrected chi connectivity index (χ2v) is 5.12. The molecule has 2 fully saturated rings. The number of ether oxygens (including phenoxy) is 1. The fourth-order valence-electron chi connectivity index (χ4n) is 2.84. The third-order valence-corrected chi connectivity index (χ3v) is 3.81. The molecule has 0 unspecified atom stereocenters. The van der Waals surface area contributed by atoms with Crippen molar-refractivity contribution in [3.05, 3.63) is 0 Å². The summed E-state index contributed by atoms with van der Waals surface area (Å²) in [6.45, 7) is 1.42. The molecule has 102 valence electrons. The van der Waals surface area contributed by atoms with Crippen LogP contribution < -0.4 is 0 Å². The lowest BCUT2D eigenvalue weighted by Gasteiger charge is -2.37. The van der Waals surface area contributed by atoms with Gasteiger partial charge in [0.25, 0.3) is 5.91 Å². The Morgan fingerprint density at radius 2 is 2.06 bits per heavy atom. The summed E-state index contributed by atoms with van der Waals surface area (Å²) in [7, 11) is 0. The Balaban J connectivity index is 1.93. The van der Waals surface area contributed by atoms with Crippen molar-refractivity contribution in [3.63, 3.8) is 0 Å². The Kier molecular flexibility index (Phi) is 4.58. The van der Waals surface area contributed by atoms with Crippen LogP contribution in [0.2, 0.25) is 0 Å². The number of rotatable bonds is 4. The van der Waals surface area contributed by atoms with Gasteiger partial charge in [0, 0.05) is 25.6 Å². The molecule has 0 radical (unpaired) electrons. The second-order valence-electron chi connectivity index (χ2n) is 5.12. The zero-order chi connectivity index (χ0) is 13.0. The molecule has 0 aromatic heterocycles. The summed E-state index contributed by atoms with van der Waals surface area (Å²) in [5, 5.41) is 8.75. The number of hydrogen-bond acceptors (Lipinski definition) is 3. The van der Waals surface area contributed by atoms with Crippen molar-refractivity contribution in [3.8, 4) is 0 Å². The van der Waals surface area contributed by atoms with Gasteiger partial charge in [-0.05, 0) is 38.5 Å². The monoisotopic (exact) mass is 255 g/mol. The molecule has 2 aliphatic heterocycles. The van der Waals surface area contributed by atoms with Crippen molar-refractivity contribution in [2.75, 3.05) is 13.2 Å². The molecule has 0 saturated carbocycles. The van der Waals surface area contributed by atoms with Gasteiger partial charge in [0.2, 0.25) is 0 Å². The molecule has 2 heterocycles. The Morgan fingerprint density at radius 3 is 2.72 bits per heavy atom. The molecular weight excluding hydrogens is 234 g/mol. The molecule has 1 amide bonds. The molecule has 5 heteroatoms. The van der Waals surface area contributed by atoms with Gasteiger partial charge in [-0.1, -0.05) is 0 Å². The Hall–Kier alpha value is -1.10. The predicted molar refractivity (Wildman–Crippen MR) is 65.2 cm³/mol. The molecule has 0 bridgehead atoms. The summed E-state index contributed by atoms with van der Waals surface area (Å²) in [5.41, 5.74) is 0. The highest BCUT2D eigenvalue weighted by molar-refractivity contribution is 5.81. The zero-order valence-corrected chi connectivity index (χ0v) is 10.6. The number of hydrogen-bond donors (Lipinski definition) is 1. The molecule has 2 atom stereocenters. The first kappa shape index (κ1) is 13.3. The molecule has 0 aromatic carbocycles. The standard InChI is InChI=1S/C13H21NO4/c15-12(16)7-6-10-4-1-2-8-14(10)13(17)11-5-3-9-18-11/h10-11H,1-9H2,(H,15,16)/t10-,11-/m0/s1. The maximum absolute atomic E-state index is 12.3. The predicted octanol–water partition coefficient (Wildman–Crippen LogP) is 1.41. The van der Waals surface area contributed by atoms with Crippen LogP contribution in [0.5, 0.6) is 0 Å². The van der Waals surface area contributed by atoms with E-state index >= 15 is 0 Å². The number of carbonyl (C=O) groups is 2. The number of amides is 1. The van der Waals surface area contributed by atoms with Crippen LogP contribution in [0.3, 0.4) is 0 Å². The van der Waals surface area contributed by atoms with Gasteiger partial charge in [-0.3, -0.25) is 9.59 Å². The topological polar surface area (TPSA) is 66.8 Å².